The number of aromatic nitrogens is 2. The largest absolute Gasteiger partial charge is 0.343 e. The van der Waals surface area contributed by atoms with Crippen molar-refractivity contribution in [2.75, 3.05) is 0 Å². The second-order valence-electron chi connectivity index (χ2n) is 5.83. The van der Waals surface area contributed by atoms with E-state index in [1.54, 1.807) is 23.7 Å². The Kier molecular flexibility index (Phi) is 4.71. The highest BCUT2D eigenvalue weighted by molar-refractivity contribution is 7.10. The number of rotatable bonds is 4. The number of carbonyl (C=O) groups excluding carboxylic acids is 1. The number of hydrogen-bond donors (Lipinski definition) is 1. The zero-order valence-corrected chi connectivity index (χ0v) is 14.7. The number of aryl methyl sites for hydroxylation is 2. The van der Waals surface area contributed by atoms with E-state index in [0.29, 0.717) is 5.56 Å². The van der Waals surface area contributed by atoms with Crippen molar-refractivity contribution in [3.05, 3.63) is 69.8 Å². The van der Waals surface area contributed by atoms with Crippen LogP contribution in [0.3, 0.4) is 0 Å². The van der Waals surface area contributed by atoms with Gasteiger partial charge in [-0.25, -0.2) is 4.98 Å². The third kappa shape index (κ3) is 3.51. The van der Waals surface area contributed by atoms with Gasteiger partial charge in [-0.2, -0.15) is 0 Å². The number of nitrogens with one attached hydrogen (secondary N) is 1. The summed E-state index contributed by atoms with van der Waals surface area (Å²) in [4.78, 5) is 21.2. The standard InChI is InChI=1S/C19H19N3OS/c1-12-6-7-16(13(2)9-12)18(23)21-14(3)19-22-17(11-24-19)15-5-4-8-20-10-15/h4-11,14H,1-3H3,(H,21,23). The molecule has 0 fully saturated rings. The molecule has 3 rings (SSSR count). The summed E-state index contributed by atoms with van der Waals surface area (Å²) >= 11 is 1.54. The topological polar surface area (TPSA) is 54.9 Å². The zero-order valence-electron chi connectivity index (χ0n) is 13.9. The normalized spacial score (nSPS) is 12.0. The van der Waals surface area contributed by atoms with Crippen LogP contribution < -0.4 is 5.32 Å². The number of nitrogens with zero attached hydrogens (tertiary/aromatic N) is 2. The van der Waals surface area contributed by atoms with Gasteiger partial charge in [0, 0.05) is 28.9 Å². The van der Waals surface area contributed by atoms with Crippen molar-refractivity contribution < 1.29 is 4.79 Å². The molecule has 5 heteroatoms. The lowest BCUT2D eigenvalue weighted by Crippen LogP contribution is -2.27. The van der Waals surface area contributed by atoms with E-state index in [2.05, 4.69) is 15.3 Å². The molecule has 1 aromatic carbocycles. The van der Waals surface area contributed by atoms with Crippen LogP contribution in [0.5, 0.6) is 0 Å². The van der Waals surface area contributed by atoms with Crippen LogP contribution in [0.2, 0.25) is 0 Å². The molecule has 0 aliphatic rings. The molecule has 0 spiro atoms. The molecule has 122 valence electrons. The van der Waals surface area contributed by atoms with Crippen LogP contribution in [-0.2, 0) is 0 Å². The van der Waals surface area contributed by atoms with E-state index in [0.717, 1.165) is 27.4 Å². The Labute approximate surface area is 145 Å². The minimum absolute atomic E-state index is 0.0712. The van der Waals surface area contributed by atoms with Gasteiger partial charge in [0.25, 0.3) is 5.91 Å². The molecule has 1 amide bonds. The van der Waals surface area contributed by atoms with Gasteiger partial charge in [0.05, 0.1) is 11.7 Å². The van der Waals surface area contributed by atoms with Crippen molar-refractivity contribution in [2.24, 2.45) is 0 Å². The fourth-order valence-electron chi connectivity index (χ4n) is 2.54. The maximum atomic E-state index is 12.5. The molecule has 2 heterocycles. The van der Waals surface area contributed by atoms with Crippen LogP contribution in [0.15, 0.2) is 48.1 Å². The molecule has 0 radical (unpaired) electrons. The highest BCUT2D eigenvalue weighted by Gasteiger charge is 2.16. The van der Waals surface area contributed by atoms with Gasteiger partial charge in [-0.15, -0.1) is 11.3 Å². The van der Waals surface area contributed by atoms with E-state index in [9.17, 15) is 4.79 Å². The number of pyridine rings is 1. The maximum Gasteiger partial charge on any atom is 0.252 e. The zero-order chi connectivity index (χ0) is 17.1. The van der Waals surface area contributed by atoms with Gasteiger partial charge in [0.2, 0.25) is 0 Å². The van der Waals surface area contributed by atoms with Crippen LogP contribution in [0.1, 0.15) is 39.5 Å². The smallest absolute Gasteiger partial charge is 0.252 e. The van der Waals surface area contributed by atoms with Crippen LogP contribution in [0, 0.1) is 13.8 Å². The van der Waals surface area contributed by atoms with Crippen LogP contribution in [-0.4, -0.2) is 15.9 Å². The van der Waals surface area contributed by atoms with Crippen LogP contribution >= 0.6 is 11.3 Å². The molecule has 0 aliphatic carbocycles. The Balaban J connectivity index is 1.74. The lowest BCUT2D eigenvalue weighted by atomic mass is 10.1. The highest BCUT2D eigenvalue weighted by Crippen LogP contribution is 2.25. The molecular formula is C19H19N3OS. The molecule has 1 atom stereocenters. The Morgan fingerprint density at radius 3 is 2.79 bits per heavy atom. The molecule has 3 aromatic rings. The summed E-state index contributed by atoms with van der Waals surface area (Å²) in [5, 5.41) is 5.90. The molecule has 0 saturated heterocycles. The van der Waals surface area contributed by atoms with Crippen molar-refractivity contribution in [3.63, 3.8) is 0 Å². The van der Waals surface area contributed by atoms with Crippen molar-refractivity contribution >= 4 is 17.2 Å². The fourth-order valence-corrected chi connectivity index (χ4v) is 3.37. The monoisotopic (exact) mass is 337 g/mol. The summed E-state index contributed by atoms with van der Waals surface area (Å²) in [5.41, 5.74) is 4.70. The Morgan fingerprint density at radius 2 is 2.08 bits per heavy atom. The lowest BCUT2D eigenvalue weighted by Gasteiger charge is -2.13. The Bertz CT molecular complexity index is 858. The molecule has 0 aliphatic heterocycles. The first-order chi connectivity index (χ1) is 11.5. The molecule has 24 heavy (non-hydrogen) atoms. The van der Waals surface area contributed by atoms with E-state index in [1.807, 2.05) is 56.5 Å². The second-order valence-corrected chi connectivity index (χ2v) is 6.72. The summed E-state index contributed by atoms with van der Waals surface area (Å²) < 4.78 is 0. The van der Waals surface area contributed by atoms with E-state index >= 15 is 0 Å². The first-order valence-corrected chi connectivity index (χ1v) is 8.66. The molecule has 1 unspecified atom stereocenters. The average molecular weight is 337 g/mol. The quantitative estimate of drug-likeness (QED) is 0.771. The number of hydrogen-bond acceptors (Lipinski definition) is 4. The van der Waals surface area contributed by atoms with E-state index in [4.69, 9.17) is 0 Å². The molecule has 1 N–H and O–H groups in total. The lowest BCUT2D eigenvalue weighted by molar-refractivity contribution is 0.0939. The van der Waals surface area contributed by atoms with Gasteiger partial charge in [0.1, 0.15) is 5.01 Å². The maximum absolute atomic E-state index is 12.5. The average Bonchev–Trinajstić information content (AvgIpc) is 3.05. The summed E-state index contributed by atoms with van der Waals surface area (Å²) in [6.07, 6.45) is 3.53. The minimum Gasteiger partial charge on any atom is -0.343 e. The van der Waals surface area contributed by atoms with Crippen LogP contribution in [0.25, 0.3) is 11.3 Å². The Morgan fingerprint density at radius 1 is 1.25 bits per heavy atom. The van der Waals surface area contributed by atoms with E-state index in [1.165, 1.54) is 0 Å². The summed E-state index contributed by atoms with van der Waals surface area (Å²) in [6.45, 7) is 5.93. The third-order valence-electron chi connectivity index (χ3n) is 3.82. The van der Waals surface area contributed by atoms with Crippen molar-refractivity contribution in [3.8, 4) is 11.3 Å². The molecule has 0 saturated carbocycles. The number of benzene rings is 1. The van der Waals surface area contributed by atoms with Gasteiger partial charge >= 0.3 is 0 Å². The van der Waals surface area contributed by atoms with Crippen molar-refractivity contribution in [2.45, 2.75) is 26.8 Å². The second kappa shape index (κ2) is 6.93. The molecule has 4 nitrogen and oxygen atoms in total. The third-order valence-corrected chi connectivity index (χ3v) is 4.85. The summed E-state index contributed by atoms with van der Waals surface area (Å²) in [6, 6.07) is 9.56. The van der Waals surface area contributed by atoms with Gasteiger partial charge in [-0.05, 0) is 44.5 Å². The van der Waals surface area contributed by atoms with Crippen molar-refractivity contribution in [1.82, 2.24) is 15.3 Å². The first-order valence-electron chi connectivity index (χ1n) is 7.78. The number of carbonyl (C=O) groups is 1. The van der Waals surface area contributed by atoms with Gasteiger partial charge < -0.3 is 5.32 Å². The summed E-state index contributed by atoms with van der Waals surface area (Å²) in [5.74, 6) is -0.0712. The van der Waals surface area contributed by atoms with Gasteiger partial charge in [0.15, 0.2) is 0 Å². The fraction of sp³-hybridized carbons (Fsp3) is 0.211. The van der Waals surface area contributed by atoms with E-state index < -0.39 is 0 Å². The minimum atomic E-state index is -0.145. The summed E-state index contributed by atoms with van der Waals surface area (Å²) in [7, 11) is 0. The van der Waals surface area contributed by atoms with Gasteiger partial charge in [-0.1, -0.05) is 17.7 Å². The predicted octanol–water partition coefficient (Wildman–Crippen LogP) is 4.31. The molecule has 0 bridgehead atoms. The number of amides is 1. The first kappa shape index (κ1) is 16.3. The Hall–Kier alpha value is -2.53. The predicted molar refractivity (Wildman–Crippen MR) is 97.1 cm³/mol. The SMILES string of the molecule is Cc1ccc(C(=O)NC(C)c2nc(-c3cccnc3)cs2)c(C)c1. The highest BCUT2D eigenvalue weighted by atomic mass is 32.1. The molecule has 2 aromatic heterocycles. The number of thiazole rings is 1. The van der Waals surface area contributed by atoms with Crippen LogP contribution in [0.4, 0.5) is 0 Å². The van der Waals surface area contributed by atoms with E-state index in [-0.39, 0.29) is 11.9 Å². The molecular weight excluding hydrogens is 318 g/mol. The van der Waals surface area contributed by atoms with Gasteiger partial charge in [-0.3, -0.25) is 9.78 Å². The van der Waals surface area contributed by atoms with Crippen molar-refractivity contribution in [1.29, 1.82) is 0 Å².